The molecule has 98 valence electrons. The second-order valence-electron chi connectivity index (χ2n) is 4.41. The van der Waals surface area contributed by atoms with Crippen LogP contribution in [-0.2, 0) is 12.8 Å². The SMILES string of the molecule is CCNC(CC)C(C)n1nc(CC)nc1CC. The summed E-state index contributed by atoms with van der Waals surface area (Å²) < 4.78 is 2.11. The predicted octanol–water partition coefficient (Wildman–Crippen LogP) is 2.35. The topological polar surface area (TPSA) is 42.7 Å². The first-order chi connectivity index (χ1) is 8.17. The number of rotatable bonds is 7. The molecule has 0 radical (unpaired) electrons. The van der Waals surface area contributed by atoms with Crippen LogP contribution in [0.5, 0.6) is 0 Å². The van der Waals surface area contributed by atoms with Gasteiger partial charge in [0, 0.05) is 18.9 Å². The van der Waals surface area contributed by atoms with Crippen LogP contribution in [0.1, 0.15) is 58.7 Å². The molecule has 0 saturated carbocycles. The van der Waals surface area contributed by atoms with Crippen molar-refractivity contribution in [2.24, 2.45) is 0 Å². The van der Waals surface area contributed by atoms with Crippen LogP contribution < -0.4 is 5.32 Å². The summed E-state index contributed by atoms with van der Waals surface area (Å²) in [6.07, 6.45) is 2.96. The van der Waals surface area contributed by atoms with Gasteiger partial charge < -0.3 is 5.32 Å². The van der Waals surface area contributed by atoms with Gasteiger partial charge in [0.15, 0.2) is 5.82 Å². The standard InChI is InChI=1S/C13H26N4/c1-6-11(14-9-4)10(5)17-13(8-3)15-12(7-2)16-17/h10-11,14H,6-9H2,1-5H3. The van der Waals surface area contributed by atoms with Crippen molar-refractivity contribution in [2.75, 3.05) is 6.54 Å². The van der Waals surface area contributed by atoms with Crippen molar-refractivity contribution in [1.82, 2.24) is 20.1 Å². The highest BCUT2D eigenvalue weighted by atomic mass is 15.4. The van der Waals surface area contributed by atoms with Crippen LogP contribution in [0.3, 0.4) is 0 Å². The van der Waals surface area contributed by atoms with Crippen LogP contribution in [0, 0.1) is 0 Å². The monoisotopic (exact) mass is 238 g/mol. The molecule has 1 aromatic heterocycles. The molecule has 2 atom stereocenters. The van der Waals surface area contributed by atoms with Crippen LogP contribution in [-0.4, -0.2) is 27.4 Å². The summed E-state index contributed by atoms with van der Waals surface area (Å²) in [6, 6.07) is 0.833. The van der Waals surface area contributed by atoms with Crippen LogP contribution in [0.15, 0.2) is 0 Å². The fraction of sp³-hybridized carbons (Fsp3) is 0.846. The van der Waals surface area contributed by atoms with E-state index in [4.69, 9.17) is 0 Å². The van der Waals surface area contributed by atoms with E-state index in [2.05, 4.69) is 54.7 Å². The van der Waals surface area contributed by atoms with Crippen molar-refractivity contribution >= 4 is 0 Å². The molecule has 0 aliphatic heterocycles. The van der Waals surface area contributed by atoms with Crippen molar-refractivity contribution < 1.29 is 0 Å². The van der Waals surface area contributed by atoms with E-state index in [-0.39, 0.29) is 0 Å². The molecule has 0 saturated heterocycles. The largest absolute Gasteiger partial charge is 0.312 e. The van der Waals surface area contributed by atoms with Crippen molar-refractivity contribution in [1.29, 1.82) is 0 Å². The Hall–Kier alpha value is -0.900. The van der Waals surface area contributed by atoms with Gasteiger partial charge in [-0.1, -0.05) is 27.7 Å². The van der Waals surface area contributed by atoms with Gasteiger partial charge >= 0.3 is 0 Å². The smallest absolute Gasteiger partial charge is 0.150 e. The third-order valence-corrected chi connectivity index (χ3v) is 3.25. The van der Waals surface area contributed by atoms with E-state index in [1.807, 2.05) is 0 Å². The lowest BCUT2D eigenvalue weighted by Gasteiger charge is -2.24. The minimum atomic E-state index is 0.364. The van der Waals surface area contributed by atoms with Gasteiger partial charge in [0.25, 0.3) is 0 Å². The van der Waals surface area contributed by atoms with E-state index in [0.717, 1.165) is 37.5 Å². The number of likely N-dealkylation sites (N-methyl/N-ethyl adjacent to an activating group) is 1. The average Bonchev–Trinajstić information content (AvgIpc) is 2.78. The lowest BCUT2D eigenvalue weighted by atomic mass is 10.1. The molecule has 0 aromatic carbocycles. The molecule has 2 unspecified atom stereocenters. The fourth-order valence-corrected chi connectivity index (χ4v) is 2.21. The van der Waals surface area contributed by atoms with Crippen LogP contribution >= 0.6 is 0 Å². The molecule has 0 bridgehead atoms. The summed E-state index contributed by atoms with van der Waals surface area (Å²) in [6.45, 7) is 11.8. The number of aromatic nitrogens is 3. The summed E-state index contributed by atoms with van der Waals surface area (Å²) in [5, 5.41) is 8.14. The van der Waals surface area contributed by atoms with Gasteiger partial charge in [0.05, 0.1) is 6.04 Å². The zero-order chi connectivity index (χ0) is 12.8. The number of aryl methyl sites for hydroxylation is 2. The molecule has 1 N–H and O–H groups in total. The third-order valence-electron chi connectivity index (χ3n) is 3.25. The number of hydrogen-bond acceptors (Lipinski definition) is 3. The highest BCUT2D eigenvalue weighted by Crippen LogP contribution is 2.16. The Morgan fingerprint density at radius 3 is 2.35 bits per heavy atom. The van der Waals surface area contributed by atoms with E-state index in [1.54, 1.807) is 0 Å². The minimum Gasteiger partial charge on any atom is -0.312 e. The molecule has 4 heteroatoms. The first-order valence-corrected chi connectivity index (χ1v) is 6.85. The fourth-order valence-electron chi connectivity index (χ4n) is 2.21. The van der Waals surface area contributed by atoms with Gasteiger partial charge in [-0.25, -0.2) is 9.67 Å². The number of hydrogen-bond donors (Lipinski definition) is 1. The summed E-state index contributed by atoms with van der Waals surface area (Å²) in [4.78, 5) is 4.57. The second kappa shape index (κ2) is 6.74. The average molecular weight is 238 g/mol. The predicted molar refractivity (Wildman–Crippen MR) is 71.2 cm³/mol. The maximum Gasteiger partial charge on any atom is 0.150 e. The summed E-state index contributed by atoms with van der Waals surface area (Å²) >= 11 is 0. The quantitative estimate of drug-likeness (QED) is 0.793. The lowest BCUT2D eigenvalue weighted by Crippen LogP contribution is -2.36. The maximum absolute atomic E-state index is 4.62. The Bertz CT molecular complexity index is 332. The molecule has 17 heavy (non-hydrogen) atoms. The van der Waals surface area contributed by atoms with Crippen molar-refractivity contribution in [3.63, 3.8) is 0 Å². The molecule has 1 heterocycles. The van der Waals surface area contributed by atoms with Gasteiger partial charge in [0.1, 0.15) is 5.82 Å². The van der Waals surface area contributed by atoms with Crippen LogP contribution in [0.4, 0.5) is 0 Å². The van der Waals surface area contributed by atoms with E-state index < -0.39 is 0 Å². The molecule has 0 aliphatic carbocycles. The van der Waals surface area contributed by atoms with Gasteiger partial charge in [0.2, 0.25) is 0 Å². The molecule has 0 aliphatic rings. The Balaban J connectivity index is 2.92. The molecule has 4 nitrogen and oxygen atoms in total. The molecular weight excluding hydrogens is 212 g/mol. The van der Waals surface area contributed by atoms with E-state index in [0.29, 0.717) is 12.1 Å². The highest BCUT2D eigenvalue weighted by molar-refractivity contribution is 4.96. The number of nitrogens with one attached hydrogen (secondary N) is 1. The highest BCUT2D eigenvalue weighted by Gasteiger charge is 2.20. The first kappa shape index (κ1) is 14.2. The molecule has 1 rings (SSSR count). The van der Waals surface area contributed by atoms with E-state index >= 15 is 0 Å². The van der Waals surface area contributed by atoms with Crippen molar-refractivity contribution in [3.05, 3.63) is 11.6 Å². The van der Waals surface area contributed by atoms with Crippen molar-refractivity contribution in [2.45, 2.75) is 66.0 Å². The van der Waals surface area contributed by atoms with Gasteiger partial charge in [-0.15, -0.1) is 0 Å². The molecule has 0 fully saturated rings. The number of nitrogens with zero attached hydrogens (tertiary/aromatic N) is 3. The Labute approximate surface area is 105 Å². The lowest BCUT2D eigenvalue weighted by molar-refractivity contribution is 0.335. The van der Waals surface area contributed by atoms with E-state index in [9.17, 15) is 0 Å². The van der Waals surface area contributed by atoms with Gasteiger partial charge in [-0.3, -0.25) is 0 Å². The summed E-state index contributed by atoms with van der Waals surface area (Å²) in [5.74, 6) is 2.06. The first-order valence-electron chi connectivity index (χ1n) is 6.85. The third kappa shape index (κ3) is 3.28. The van der Waals surface area contributed by atoms with Gasteiger partial charge in [-0.05, 0) is 19.9 Å². The zero-order valence-electron chi connectivity index (χ0n) is 11.8. The Kier molecular flexibility index (Phi) is 5.62. The Morgan fingerprint density at radius 1 is 1.18 bits per heavy atom. The van der Waals surface area contributed by atoms with Crippen LogP contribution in [0.25, 0.3) is 0 Å². The minimum absolute atomic E-state index is 0.364. The second-order valence-corrected chi connectivity index (χ2v) is 4.41. The van der Waals surface area contributed by atoms with Crippen LogP contribution in [0.2, 0.25) is 0 Å². The Morgan fingerprint density at radius 2 is 1.88 bits per heavy atom. The van der Waals surface area contributed by atoms with E-state index in [1.165, 1.54) is 0 Å². The van der Waals surface area contributed by atoms with Gasteiger partial charge in [-0.2, -0.15) is 5.10 Å². The molecule has 0 amide bonds. The summed E-state index contributed by atoms with van der Waals surface area (Å²) in [5.41, 5.74) is 0. The molecular formula is C13H26N4. The maximum atomic E-state index is 4.62. The molecule has 0 spiro atoms. The van der Waals surface area contributed by atoms with Crippen molar-refractivity contribution in [3.8, 4) is 0 Å². The molecule has 1 aromatic rings. The summed E-state index contributed by atoms with van der Waals surface area (Å²) in [7, 11) is 0. The zero-order valence-corrected chi connectivity index (χ0v) is 11.8. The normalized spacial score (nSPS) is 14.9.